The average molecular weight is 516 g/mol. The smallest absolute Gasteiger partial charge is 0.289 e. The monoisotopic (exact) mass is 515 g/mol. The van der Waals surface area contributed by atoms with Gasteiger partial charge in [0.2, 0.25) is 11.8 Å². The molecule has 0 aromatic heterocycles. The zero-order valence-corrected chi connectivity index (χ0v) is 19.3. The molecule has 1 saturated heterocycles. The number of alkyl halides is 3. The molecule has 4 nitrogen and oxygen atoms in total. The quantitative estimate of drug-likeness (QED) is 0.166. The van der Waals surface area contributed by atoms with Crippen LogP contribution >= 0.6 is 11.6 Å². The SMILES string of the molecule is O=C(/C=C/c1ccc(N2C(=O)[C@@H]3[C@H](C2=O)C2C=C[C@H]3C3C[C@@H]23)c(F)c1)c1ccc(Cl)c(C(F)(F)F)c1. The number of rotatable bonds is 4. The number of anilines is 1. The van der Waals surface area contributed by atoms with Crippen molar-refractivity contribution in [3.63, 3.8) is 0 Å². The van der Waals surface area contributed by atoms with Crippen LogP contribution in [0.5, 0.6) is 0 Å². The molecule has 1 heterocycles. The number of hydrogen-bond donors (Lipinski definition) is 0. The second kappa shape index (κ2) is 7.87. The number of hydrogen-bond acceptors (Lipinski definition) is 3. The Hall–Kier alpha value is -3.26. The first kappa shape index (κ1) is 23.2. The van der Waals surface area contributed by atoms with E-state index >= 15 is 4.39 Å². The maximum absolute atomic E-state index is 15.1. The van der Waals surface area contributed by atoms with E-state index in [4.69, 9.17) is 11.6 Å². The summed E-state index contributed by atoms with van der Waals surface area (Å²) in [7, 11) is 0. The lowest BCUT2D eigenvalue weighted by molar-refractivity contribution is -0.137. The van der Waals surface area contributed by atoms with Crippen LogP contribution in [0, 0.1) is 41.3 Å². The van der Waals surface area contributed by atoms with Crippen LogP contribution < -0.4 is 4.90 Å². The largest absolute Gasteiger partial charge is 0.417 e. The van der Waals surface area contributed by atoms with Crippen LogP contribution in [0.25, 0.3) is 6.08 Å². The lowest BCUT2D eigenvalue weighted by Gasteiger charge is -2.37. The highest BCUT2D eigenvalue weighted by atomic mass is 35.5. The van der Waals surface area contributed by atoms with Gasteiger partial charge in [-0.2, -0.15) is 13.2 Å². The van der Waals surface area contributed by atoms with E-state index in [0.717, 1.165) is 29.5 Å². The number of ketones is 1. The molecule has 0 N–H and O–H groups in total. The number of carbonyl (C=O) groups is 3. The second-order valence-electron chi connectivity index (χ2n) is 9.77. The molecule has 2 bridgehead atoms. The summed E-state index contributed by atoms with van der Waals surface area (Å²) in [5, 5.41) is -0.521. The highest BCUT2D eigenvalue weighted by Crippen LogP contribution is 2.65. The standard InChI is InChI=1S/C27H18ClF4NO3/c28-19-6-3-13(10-18(19)27(30,31)32)22(34)8-2-12-1-7-21(20(29)9-12)33-25(35)23-14-4-5-15(17-11-16(14)17)24(23)26(33)36/h1-10,14-17,23-24H,11H2/b8-2+/t14-,15?,16?,17-,23-,24+/m0/s1. The summed E-state index contributed by atoms with van der Waals surface area (Å²) < 4.78 is 54.3. The fourth-order valence-corrected chi connectivity index (χ4v) is 6.39. The van der Waals surface area contributed by atoms with Crippen LogP contribution in [-0.2, 0) is 15.8 Å². The van der Waals surface area contributed by atoms with Crippen molar-refractivity contribution in [1.82, 2.24) is 0 Å². The van der Waals surface area contributed by atoms with Crippen molar-refractivity contribution in [2.45, 2.75) is 12.6 Å². The molecule has 3 fully saturated rings. The van der Waals surface area contributed by atoms with Crippen molar-refractivity contribution in [2.24, 2.45) is 35.5 Å². The second-order valence-corrected chi connectivity index (χ2v) is 10.2. The van der Waals surface area contributed by atoms with Gasteiger partial charge in [0, 0.05) is 5.56 Å². The van der Waals surface area contributed by atoms with E-state index in [1.807, 2.05) is 12.2 Å². The van der Waals surface area contributed by atoms with Crippen LogP contribution in [0.3, 0.4) is 0 Å². The number of imide groups is 1. The molecule has 9 heteroatoms. The fraction of sp³-hybridized carbons (Fsp3) is 0.296. The third-order valence-electron chi connectivity index (χ3n) is 7.86. The van der Waals surface area contributed by atoms with Gasteiger partial charge in [-0.3, -0.25) is 14.4 Å². The molecule has 0 spiro atoms. The summed E-state index contributed by atoms with van der Waals surface area (Å²) in [6.45, 7) is 0. The summed E-state index contributed by atoms with van der Waals surface area (Å²) in [6, 6.07) is 6.66. The van der Waals surface area contributed by atoms with E-state index in [2.05, 4.69) is 0 Å². The Labute approximate surface area is 208 Å². The number of benzene rings is 2. The van der Waals surface area contributed by atoms with Gasteiger partial charge in [0.25, 0.3) is 0 Å². The van der Waals surface area contributed by atoms with Crippen molar-refractivity contribution in [3.8, 4) is 0 Å². The van der Waals surface area contributed by atoms with Gasteiger partial charge in [-0.05, 0) is 72.1 Å². The Morgan fingerprint density at radius 2 is 1.61 bits per heavy atom. The van der Waals surface area contributed by atoms with Crippen molar-refractivity contribution in [1.29, 1.82) is 0 Å². The maximum Gasteiger partial charge on any atom is 0.417 e. The number of carbonyl (C=O) groups excluding carboxylic acids is 3. The lowest BCUT2D eigenvalue weighted by Crippen LogP contribution is -2.40. The first-order valence-corrected chi connectivity index (χ1v) is 11.9. The van der Waals surface area contributed by atoms with Crippen LogP contribution in [-0.4, -0.2) is 17.6 Å². The van der Waals surface area contributed by atoms with Gasteiger partial charge in [0.05, 0.1) is 28.1 Å². The molecule has 2 unspecified atom stereocenters. The zero-order valence-electron chi connectivity index (χ0n) is 18.5. The van der Waals surface area contributed by atoms with Gasteiger partial charge >= 0.3 is 6.18 Å². The summed E-state index contributed by atoms with van der Waals surface area (Å²) in [5.74, 6) is -2.28. The summed E-state index contributed by atoms with van der Waals surface area (Å²) in [6.07, 6.45) is 2.66. The maximum atomic E-state index is 15.1. The molecule has 0 radical (unpaired) electrons. The number of allylic oxidation sites excluding steroid dienone is 3. The first-order valence-electron chi connectivity index (χ1n) is 11.5. The average Bonchev–Trinajstić information content (AvgIpc) is 3.61. The Kier molecular flexibility index (Phi) is 5.06. The number of halogens is 5. The fourth-order valence-electron chi connectivity index (χ4n) is 6.17. The van der Waals surface area contributed by atoms with Gasteiger partial charge in [-0.25, -0.2) is 9.29 Å². The molecule has 7 rings (SSSR count). The molecule has 2 aromatic rings. The van der Waals surface area contributed by atoms with Gasteiger partial charge in [0.15, 0.2) is 5.78 Å². The van der Waals surface area contributed by atoms with Crippen LogP contribution in [0.15, 0.2) is 54.6 Å². The molecule has 6 atom stereocenters. The van der Waals surface area contributed by atoms with Crippen LogP contribution in [0.4, 0.5) is 23.2 Å². The minimum atomic E-state index is -4.71. The molecule has 2 saturated carbocycles. The normalized spacial score (nSPS) is 30.2. The lowest BCUT2D eigenvalue weighted by atomic mass is 9.63. The van der Waals surface area contributed by atoms with Gasteiger partial charge in [0.1, 0.15) is 5.82 Å². The van der Waals surface area contributed by atoms with Crippen molar-refractivity contribution < 1.29 is 31.9 Å². The predicted octanol–water partition coefficient (Wildman–Crippen LogP) is 5.95. The topological polar surface area (TPSA) is 54.5 Å². The zero-order chi connectivity index (χ0) is 25.5. The number of amides is 2. The van der Waals surface area contributed by atoms with Crippen LogP contribution in [0.1, 0.15) is 27.9 Å². The van der Waals surface area contributed by atoms with Gasteiger partial charge in [-0.15, -0.1) is 0 Å². The molecular formula is C27H18ClF4NO3. The molecule has 2 amide bonds. The van der Waals surface area contributed by atoms with Crippen molar-refractivity contribution >= 4 is 41.0 Å². The third kappa shape index (κ3) is 3.45. The minimum Gasteiger partial charge on any atom is -0.289 e. The molecular weight excluding hydrogens is 498 g/mol. The van der Waals surface area contributed by atoms with E-state index < -0.39 is 40.2 Å². The Morgan fingerprint density at radius 1 is 0.972 bits per heavy atom. The Morgan fingerprint density at radius 3 is 2.19 bits per heavy atom. The van der Waals surface area contributed by atoms with E-state index in [1.54, 1.807) is 0 Å². The summed E-state index contributed by atoms with van der Waals surface area (Å²) in [4.78, 5) is 39.7. The number of nitrogens with zero attached hydrogens (tertiary/aromatic N) is 1. The third-order valence-corrected chi connectivity index (χ3v) is 8.19. The molecule has 2 aromatic carbocycles. The van der Waals surface area contributed by atoms with Crippen molar-refractivity contribution in [2.75, 3.05) is 4.90 Å². The Bertz CT molecular complexity index is 1360. The summed E-state index contributed by atoms with van der Waals surface area (Å²) in [5.41, 5.74) is -1.24. The molecule has 184 valence electrons. The molecule has 1 aliphatic heterocycles. The molecule has 4 aliphatic carbocycles. The van der Waals surface area contributed by atoms with Gasteiger partial charge < -0.3 is 0 Å². The highest BCUT2D eigenvalue weighted by molar-refractivity contribution is 6.31. The van der Waals surface area contributed by atoms with Crippen molar-refractivity contribution in [3.05, 3.63) is 82.2 Å². The Balaban J connectivity index is 1.22. The minimum absolute atomic E-state index is 0.0217. The van der Waals surface area contributed by atoms with E-state index in [0.29, 0.717) is 17.9 Å². The van der Waals surface area contributed by atoms with E-state index in [-0.39, 0.29) is 40.5 Å². The summed E-state index contributed by atoms with van der Waals surface area (Å²) >= 11 is 5.59. The molecule has 36 heavy (non-hydrogen) atoms. The predicted molar refractivity (Wildman–Crippen MR) is 123 cm³/mol. The first-order chi connectivity index (χ1) is 17.1. The van der Waals surface area contributed by atoms with Gasteiger partial charge in [-0.1, -0.05) is 35.9 Å². The van der Waals surface area contributed by atoms with Crippen LogP contribution in [0.2, 0.25) is 5.02 Å². The highest BCUT2D eigenvalue weighted by Gasteiger charge is 2.67. The van der Waals surface area contributed by atoms with E-state index in [1.165, 1.54) is 24.3 Å². The van der Waals surface area contributed by atoms with E-state index in [9.17, 15) is 27.6 Å². The molecule has 5 aliphatic rings.